The Morgan fingerprint density at radius 1 is 1.00 bits per heavy atom. The molecular weight excluding hydrogens is 497 g/mol. The van der Waals surface area contributed by atoms with Gasteiger partial charge in [-0.25, -0.2) is 9.07 Å². The molecule has 0 unspecified atom stereocenters. The van der Waals surface area contributed by atoms with Crippen LogP contribution in [0.5, 0.6) is 11.5 Å². The average Bonchev–Trinajstić information content (AvgIpc) is 3.26. The van der Waals surface area contributed by atoms with Crippen LogP contribution in [0.1, 0.15) is 49.3 Å². The smallest absolute Gasteiger partial charge is 0.261 e. The van der Waals surface area contributed by atoms with Gasteiger partial charge in [0.15, 0.2) is 0 Å². The molecule has 1 aromatic heterocycles. The van der Waals surface area contributed by atoms with Crippen LogP contribution in [-0.4, -0.2) is 78.0 Å². The second kappa shape index (κ2) is 12.1. The minimum atomic E-state index is -0.319. The molecule has 1 aliphatic heterocycles. The molecule has 1 saturated heterocycles. The Balaban J connectivity index is 1.79. The highest BCUT2D eigenvalue weighted by Gasteiger charge is 2.31. The number of aryl methyl sites for hydroxylation is 1. The summed E-state index contributed by atoms with van der Waals surface area (Å²) < 4.78 is 27.2. The van der Waals surface area contributed by atoms with Gasteiger partial charge in [-0.3, -0.25) is 9.69 Å². The van der Waals surface area contributed by atoms with Gasteiger partial charge in [0.25, 0.3) is 5.91 Å². The summed E-state index contributed by atoms with van der Waals surface area (Å²) in [4.78, 5) is 20.6. The lowest BCUT2D eigenvalue weighted by Crippen LogP contribution is -2.49. The van der Waals surface area contributed by atoms with Crippen molar-refractivity contribution in [2.24, 2.45) is 0 Å². The Morgan fingerprint density at radius 3 is 2.15 bits per heavy atom. The lowest BCUT2D eigenvalue weighted by atomic mass is 10.1. The predicted molar refractivity (Wildman–Crippen MR) is 152 cm³/mol. The molecule has 4 rings (SSSR count). The van der Waals surface area contributed by atoms with E-state index in [0.29, 0.717) is 35.3 Å². The highest BCUT2D eigenvalue weighted by molar-refractivity contribution is 6.00. The molecule has 1 aliphatic rings. The molecule has 9 heteroatoms. The topological polar surface area (TPSA) is 63.1 Å². The van der Waals surface area contributed by atoms with Gasteiger partial charge in [-0.05, 0) is 65.0 Å². The average molecular weight is 538 g/mol. The van der Waals surface area contributed by atoms with Gasteiger partial charge in [0.05, 0.1) is 32.1 Å². The maximum absolute atomic E-state index is 14.3. The number of halogens is 1. The van der Waals surface area contributed by atoms with Gasteiger partial charge in [-0.1, -0.05) is 12.1 Å². The van der Waals surface area contributed by atoms with Gasteiger partial charge in [-0.15, -0.1) is 0 Å². The van der Waals surface area contributed by atoms with E-state index in [1.807, 2.05) is 36.4 Å². The first-order valence-electron chi connectivity index (χ1n) is 13.5. The number of carbonyl (C=O) groups is 1. The molecule has 0 spiro atoms. The maximum atomic E-state index is 14.3. The summed E-state index contributed by atoms with van der Waals surface area (Å²) in [5.74, 6) is 1.31. The number of anilines is 1. The molecular formula is C30H40FN5O3. The number of hydrogen-bond donors (Lipinski definition) is 0. The molecule has 2 aromatic carbocycles. The van der Waals surface area contributed by atoms with Crippen LogP contribution >= 0.6 is 0 Å². The lowest BCUT2D eigenvalue weighted by molar-refractivity contribution is 0.0683. The fourth-order valence-electron chi connectivity index (χ4n) is 5.16. The normalized spacial score (nSPS) is 14.3. The molecule has 39 heavy (non-hydrogen) atoms. The minimum Gasteiger partial charge on any atom is -0.496 e. The van der Waals surface area contributed by atoms with Crippen molar-refractivity contribution in [2.45, 2.75) is 53.2 Å². The van der Waals surface area contributed by atoms with Crippen LogP contribution in [0.25, 0.3) is 5.69 Å². The molecule has 0 N–H and O–H groups in total. The van der Waals surface area contributed by atoms with Crippen LogP contribution < -0.4 is 14.4 Å². The zero-order valence-corrected chi connectivity index (χ0v) is 24.1. The highest BCUT2D eigenvalue weighted by atomic mass is 19.1. The number of carbonyl (C=O) groups excluding carboxylic acids is 1. The molecule has 0 radical (unpaired) electrons. The van der Waals surface area contributed by atoms with Crippen molar-refractivity contribution in [1.82, 2.24) is 19.6 Å². The highest BCUT2D eigenvalue weighted by Crippen LogP contribution is 2.34. The molecule has 1 amide bonds. The number of nitrogens with zero attached hydrogens (tertiary/aromatic N) is 5. The first kappa shape index (κ1) is 28.4. The molecule has 2 heterocycles. The summed E-state index contributed by atoms with van der Waals surface area (Å²) in [5, 5.41) is 4.87. The summed E-state index contributed by atoms with van der Waals surface area (Å²) in [6, 6.07) is 12.2. The number of rotatable bonds is 9. The van der Waals surface area contributed by atoms with Gasteiger partial charge >= 0.3 is 0 Å². The predicted octanol–water partition coefficient (Wildman–Crippen LogP) is 4.92. The maximum Gasteiger partial charge on any atom is 0.261 e. The Hall–Kier alpha value is -3.59. The number of methoxy groups -OCH3 is 2. The van der Waals surface area contributed by atoms with Crippen LogP contribution in [0.3, 0.4) is 0 Å². The molecule has 210 valence electrons. The fourth-order valence-corrected chi connectivity index (χ4v) is 5.16. The molecule has 0 atom stereocenters. The van der Waals surface area contributed by atoms with Crippen molar-refractivity contribution in [1.29, 1.82) is 0 Å². The summed E-state index contributed by atoms with van der Waals surface area (Å²) in [6.07, 6.45) is 0. The number of benzene rings is 2. The van der Waals surface area contributed by atoms with E-state index < -0.39 is 0 Å². The standard InChI is InChI=1S/C30H40FN5O3/c1-20(2)33-14-16-34(17-15-33)29-25(22(5)32-36(29)24-11-8-10-23(31)18-24)19-35(21(3)4)30(37)28-26(38-6)12-9-13-27(28)39-7/h8-13,18,20-21H,14-17,19H2,1-7H3. The SMILES string of the molecule is COc1cccc(OC)c1C(=O)N(Cc1c(C)nn(-c2cccc(F)c2)c1N1CCN(C(C)C)CC1)C(C)C. The van der Waals surface area contributed by atoms with E-state index in [-0.39, 0.29) is 17.8 Å². The first-order chi connectivity index (χ1) is 18.7. The third kappa shape index (κ3) is 5.88. The third-order valence-electron chi connectivity index (χ3n) is 7.41. The lowest BCUT2D eigenvalue weighted by Gasteiger charge is -2.39. The van der Waals surface area contributed by atoms with E-state index in [4.69, 9.17) is 14.6 Å². The summed E-state index contributed by atoms with van der Waals surface area (Å²) in [6.45, 7) is 14.1. The van der Waals surface area contributed by atoms with Crippen LogP contribution in [0.2, 0.25) is 0 Å². The van der Waals surface area contributed by atoms with Crippen molar-refractivity contribution in [2.75, 3.05) is 45.3 Å². The van der Waals surface area contributed by atoms with Crippen molar-refractivity contribution in [3.63, 3.8) is 0 Å². The fraction of sp³-hybridized carbons (Fsp3) is 0.467. The largest absolute Gasteiger partial charge is 0.496 e. The number of aromatic nitrogens is 2. The second-order valence-corrected chi connectivity index (χ2v) is 10.5. The number of ether oxygens (including phenoxy) is 2. The molecule has 1 fully saturated rings. The summed E-state index contributed by atoms with van der Waals surface area (Å²) >= 11 is 0. The Labute approximate surface area is 230 Å². The van der Waals surface area contributed by atoms with Crippen molar-refractivity contribution >= 4 is 11.7 Å². The molecule has 0 bridgehead atoms. The van der Waals surface area contributed by atoms with Crippen molar-refractivity contribution in [3.05, 3.63) is 65.1 Å². The van der Waals surface area contributed by atoms with Gasteiger partial charge < -0.3 is 19.3 Å². The molecule has 0 saturated carbocycles. The van der Waals surface area contributed by atoms with Crippen LogP contribution in [0, 0.1) is 12.7 Å². The van der Waals surface area contributed by atoms with E-state index in [0.717, 1.165) is 43.3 Å². The van der Waals surface area contributed by atoms with Gasteiger partial charge in [0, 0.05) is 43.8 Å². The Bertz CT molecular complexity index is 1280. The van der Waals surface area contributed by atoms with Gasteiger partial charge in [0.2, 0.25) is 0 Å². The Morgan fingerprint density at radius 2 is 1.62 bits per heavy atom. The van der Waals surface area contributed by atoms with Gasteiger partial charge in [-0.2, -0.15) is 5.10 Å². The summed E-state index contributed by atoms with van der Waals surface area (Å²) in [7, 11) is 3.10. The van der Waals surface area contributed by atoms with Crippen LogP contribution in [0.15, 0.2) is 42.5 Å². The Kier molecular flexibility index (Phi) is 8.80. The number of hydrogen-bond acceptors (Lipinski definition) is 6. The molecule has 0 aliphatic carbocycles. The van der Waals surface area contributed by atoms with E-state index in [1.165, 1.54) is 12.1 Å². The third-order valence-corrected chi connectivity index (χ3v) is 7.41. The van der Waals surface area contributed by atoms with E-state index in [2.05, 4.69) is 23.6 Å². The van der Waals surface area contributed by atoms with Crippen molar-refractivity contribution in [3.8, 4) is 17.2 Å². The van der Waals surface area contributed by atoms with Crippen molar-refractivity contribution < 1.29 is 18.7 Å². The zero-order valence-electron chi connectivity index (χ0n) is 24.1. The number of piperazine rings is 1. The minimum absolute atomic E-state index is 0.116. The quantitative estimate of drug-likeness (QED) is 0.386. The second-order valence-electron chi connectivity index (χ2n) is 10.5. The van der Waals surface area contributed by atoms with E-state index in [9.17, 15) is 9.18 Å². The van der Waals surface area contributed by atoms with E-state index in [1.54, 1.807) is 38.5 Å². The molecule has 8 nitrogen and oxygen atoms in total. The number of amides is 1. The van der Waals surface area contributed by atoms with Crippen LogP contribution in [0.4, 0.5) is 10.2 Å². The van der Waals surface area contributed by atoms with Crippen LogP contribution in [-0.2, 0) is 6.54 Å². The zero-order chi connectivity index (χ0) is 28.3. The molecule has 3 aromatic rings. The first-order valence-corrected chi connectivity index (χ1v) is 13.5. The monoisotopic (exact) mass is 537 g/mol. The summed E-state index contributed by atoms with van der Waals surface area (Å²) in [5.41, 5.74) is 2.78. The van der Waals surface area contributed by atoms with E-state index >= 15 is 0 Å². The van der Waals surface area contributed by atoms with Gasteiger partial charge in [0.1, 0.15) is 28.7 Å².